The molecule has 0 aromatic heterocycles. The molecule has 1 saturated carbocycles. The Kier molecular flexibility index (Phi) is 9.14. The van der Waals surface area contributed by atoms with Gasteiger partial charge < -0.3 is 30.1 Å². The van der Waals surface area contributed by atoms with Crippen molar-refractivity contribution in [1.29, 1.82) is 0 Å². The normalized spacial score (nSPS) is 16.3. The summed E-state index contributed by atoms with van der Waals surface area (Å²) in [7, 11) is 1.70. The maximum Gasteiger partial charge on any atom is 0.319 e. The quantitative estimate of drug-likeness (QED) is 0.528. The summed E-state index contributed by atoms with van der Waals surface area (Å²) in [6.45, 7) is 8.47. The van der Waals surface area contributed by atoms with E-state index >= 15 is 0 Å². The van der Waals surface area contributed by atoms with Crippen LogP contribution in [0.15, 0.2) is 42.5 Å². The predicted molar refractivity (Wildman–Crippen MR) is 150 cm³/mol. The maximum atomic E-state index is 13.5. The van der Waals surface area contributed by atoms with Crippen molar-refractivity contribution in [3.8, 4) is 5.75 Å². The SMILES string of the molecule is CCN(CC)C(=O)c1cc(NC(=O)NC2CCCCC2)ccc1N1CCN(c2ccccc2OC)CC1. The zero-order valence-electron chi connectivity index (χ0n) is 22.5. The first-order valence-corrected chi connectivity index (χ1v) is 13.7. The molecule has 2 N–H and O–H groups in total. The van der Waals surface area contributed by atoms with Gasteiger partial charge in [0.15, 0.2) is 0 Å². The number of carbonyl (C=O) groups excluding carboxylic acids is 2. The van der Waals surface area contributed by atoms with Gasteiger partial charge in [-0.1, -0.05) is 31.4 Å². The lowest BCUT2D eigenvalue weighted by atomic mass is 9.96. The summed E-state index contributed by atoms with van der Waals surface area (Å²) in [6, 6.07) is 13.8. The molecule has 2 fully saturated rings. The number of nitrogens with zero attached hydrogens (tertiary/aromatic N) is 3. The minimum atomic E-state index is -0.202. The smallest absolute Gasteiger partial charge is 0.319 e. The van der Waals surface area contributed by atoms with Crippen LogP contribution in [0, 0.1) is 0 Å². The molecule has 0 radical (unpaired) electrons. The number of hydrogen-bond acceptors (Lipinski definition) is 5. The summed E-state index contributed by atoms with van der Waals surface area (Å²) in [5.74, 6) is 0.860. The van der Waals surface area contributed by atoms with Gasteiger partial charge in [-0.25, -0.2) is 4.79 Å². The van der Waals surface area contributed by atoms with E-state index in [1.54, 1.807) is 7.11 Å². The van der Waals surface area contributed by atoms with E-state index in [-0.39, 0.29) is 18.0 Å². The van der Waals surface area contributed by atoms with Crippen LogP contribution in [0.3, 0.4) is 0 Å². The van der Waals surface area contributed by atoms with E-state index in [1.165, 1.54) is 6.42 Å². The van der Waals surface area contributed by atoms with Crippen LogP contribution in [0.2, 0.25) is 0 Å². The van der Waals surface area contributed by atoms with Crippen molar-refractivity contribution >= 4 is 29.0 Å². The first-order chi connectivity index (χ1) is 18.0. The number of piperazine rings is 1. The molecular formula is C29H41N5O3. The molecule has 4 rings (SSSR count). The first kappa shape index (κ1) is 26.6. The number of methoxy groups -OCH3 is 1. The second-order valence-electron chi connectivity index (χ2n) is 9.79. The van der Waals surface area contributed by atoms with Gasteiger partial charge in [0.2, 0.25) is 0 Å². The standard InChI is InChI=1S/C29H41N5O3/c1-4-32(5-2)28(35)24-21-23(31-29(36)30-22-11-7-6-8-12-22)15-16-25(24)33-17-19-34(20-18-33)26-13-9-10-14-27(26)37-3/h9-10,13-16,21-22H,4-8,11-12,17-20H2,1-3H3,(H2,30,31,36). The Hall–Kier alpha value is -3.42. The molecular weight excluding hydrogens is 466 g/mol. The van der Waals surface area contributed by atoms with Gasteiger partial charge in [0.1, 0.15) is 5.75 Å². The highest BCUT2D eigenvalue weighted by molar-refractivity contribution is 6.02. The van der Waals surface area contributed by atoms with E-state index in [0.29, 0.717) is 24.3 Å². The fourth-order valence-electron chi connectivity index (χ4n) is 5.42. The molecule has 8 heteroatoms. The van der Waals surface area contributed by atoms with Crippen LogP contribution in [0.25, 0.3) is 0 Å². The molecule has 200 valence electrons. The van der Waals surface area contributed by atoms with Crippen LogP contribution >= 0.6 is 0 Å². The molecule has 1 saturated heterocycles. The number of amides is 3. The topological polar surface area (TPSA) is 77.2 Å². The Balaban J connectivity index is 1.51. The molecule has 8 nitrogen and oxygen atoms in total. The highest BCUT2D eigenvalue weighted by Gasteiger charge is 2.25. The van der Waals surface area contributed by atoms with Gasteiger partial charge >= 0.3 is 6.03 Å². The second kappa shape index (κ2) is 12.7. The van der Waals surface area contributed by atoms with Crippen molar-refractivity contribution in [1.82, 2.24) is 10.2 Å². The van der Waals surface area contributed by atoms with E-state index in [2.05, 4.69) is 26.5 Å². The van der Waals surface area contributed by atoms with Crippen molar-refractivity contribution in [2.45, 2.75) is 52.0 Å². The summed E-state index contributed by atoms with van der Waals surface area (Å²) in [6.07, 6.45) is 5.61. The van der Waals surface area contributed by atoms with Crippen molar-refractivity contribution in [2.75, 3.05) is 61.5 Å². The number of hydrogen-bond donors (Lipinski definition) is 2. The van der Waals surface area contributed by atoms with E-state index in [1.807, 2.05) is 55.1 Å². The average Bonchev–Trinajstić information content (AvgIpc) is 2.94. The van der Waals surface area contributed by atoms with E-state index in [4.69, 9.17) is 4.74 Å². The lowest BCUT2D eigenvalue weighted by molar-refractivity contribution is 0.0773. The Morgan fingerprint density at radius 3 is 2.22 bits per heavy atom. The minimum absolute atomic E-state index is 0.0107. The Morgan fingerprint density at radius 1 is 0.919 bits per heavy atom. The number of carbonyl (C=O) groups is 2. The Labute approximate surface area is 220 Å². The van der Waals surface area contributed by atoms with E-state index in [9.17, 15) is 9.59 Å². The highest BCUT2D eigenvalue weighted by atomic mass is 16.5. The van der Waals surface area contributed by atoms with E-state index < -0.39 is 0 Å². The van der Waals surface area contributed by atoms with Crippen LogP contribution in [0.4, 0.5) is 21.9 Å². The molecule has 3 amide bonds. The van der Waals surface area contributed by atoms with Gasteiger partial charge in [0.25, 0.3) is 5.91 Å². The number of nitrogens with one attached hydrogen (secondary N) is 2. The molecule has 1 aliphatic carbocycles. The molecule has 0 unspecified atom stereocenters. The molecule has 2 aromatic carbocycles. The lowest BCUT2D eigenvalue weighted by Crippen LogP contribution is -2.47. The van der Waals surface area contributed by atoms with Gasteiger partial charge in [0, 0.05) is 56.7 Å². The molecule has 1 heterocycles. The van der Waals surface area contributed by atoms with E-state index in [0.717, 1.165) is 69.0 Å². The van der Waals surface area contributed by atoms with Crippen LogP contribution in [0.1, 0.15) is 56.3 Å². The van der Waals surface area contributed by atoms with Gasteiger partial charge in [-0.3, -0.25) is 4.79 Å². The highest BCUT2D eigenvalue weighted by Crippen LogP contribution is 2.31. The number of urea groups is 1. The summed E-state index contributed by atoms with van der Waals surface area (Å²) in [5.41, 5.74) is 3.27. The maximum absolute atomic E-state index is 13.5. The fraction of sp³-hybridized carbons (Fsp3) is 0.517. The Morgan fingerprint density at radius 2 is 1.57 bits per heavy atom. The van der Waals surface area contributed by atoms with Gasteiger partial charge in [-0.2, -0.15) is 0 Å². The van der Waals surface area contributed by atoms with Crippen LogP contribution < -0.4 is 25.2 Å². The number of anilines is 3. The monoisotopic (exact) mass is 507 g/mol. The summed E-state index contributed by atoms with van der Waals surface area (Å²) in [5, 5.41) is 6.07. The van der Waals surface area contributed by atoms with Crippen molar-refractivity contribution in [3.05, 3.63) is 48.0 Å². The molecule has 0 atom stereocenters. The van der Waals surface area contributed by atoms with Crippen molar-refractivity contribution in [2.24, 2.45) is 0 Å². The molecule has 0 bridgehead atoms. The third-order valence-electron chi connectivity index (χ3n) is 7.52. The number of rotatable bonds is 8. The van der Waals surface area contributed by atoms with Gasteiger partial charge in [-0.05, 0) is 57.0 Å². The van der Waals surface area contributed by atoms with Crippen LogP contribution in [0.5, 0.6) is 5.75 Å². The fourth-order valence-corrected chi connectivity index (χ4v) is 5.42. The third-order valence-corrected chi connectivity index (χ3v) is 7.52. The molecule has 2 aromatic rings. The van der Waals surface area contributed by atoms with Gasteiger partial charge in [-0.15, -0.1) is 0 Å². The van der Waals surface area contributed by atoms with Crippen molar-refractivity contribution < 1.29 is 14.3 Å². The largest absolute Gasteiger partial charge is 0.495 e. The van der Waals surface area contributed by atoms with Gasteiger partial charge in [0.05, 0.1) is 18.4 Å². The molecule has 37 heavy (non-hydrogen) atoms. The summed E-state index contributed by atoms with van der Waals surface area (Å²) in [4.78, 5) is 32.6. The number of para-hydroxylation sites is 2. The lowest BCUT2D eigenvalue weighted by Gasteiger charge is -2.38. The molecule has 2 aliphatic rings. The number of ether oxygens (including phenoxy) is 1. The second-order valence-corrected chi connectivity index (χ2v) is 9.79. The summed E-state index contributed by atoms with van der Waals surface area (Å²) < 4.78 is 5.56. The molecule has 0 spiro atoms. The zero-order valence-corrected chi connectivity index (χ0v) is 22.5. The Bertz CT molecular complexity index is 1060. The zero-order chi connectivity index (χ0) is 26.2. The molecule has 1 aliphatic heterocycles. The van der Waals surface area contributed by atoms with Crippen molar-refractivity contribution in [3.63, 3.8) is 0 Å². The average molecular weight is 508 g/mol. The summed E-state index contributed by atoms with van der Waals surface area (Å²) >= 11 is 0. The van der Waals surface area contributed by atoms with Crippen LogP contribution in [-0.4, -0.2) is 69.3 Å². The predicted octanol–water partition coefficient (Wildman–Crippen LogP) is 4.96. The third kappa shape index (κ3) is 6.48. The van der Waals surface area contributed by atoms with Crippen LogP contribution in [-0.2, 0) is 0 Å². The first-order valence-electron chi connectivity index (χ1n) is 13.7. The minimum Gasteiger partial charge on any atom is -0.495 e. The number of benzene rings is 2.